The standard InChI is InChI=1S/C33H33FN4O5.C18H14N2O3.C15H21FN2O3.CH4/c34-26-15-24(17-29-32(26)43-14-13-42-29)30(39)27(19-37-11-1-2-12-37)36-33(41)31(40)21-5-3-20(4-6-21)22-7-8-23-18-35-38(25-9-10-25)28(23)16-22;21-17(18(22)23)12-3-1-11(2-4-12)13-5-6-14-10-19-20(15-7-8-15)16(14)9-13;16-11-7-10(8-13-15(11)21-6-5-20-13)14(19)12(17)9-18-3-1-2-4-18;/h3-8,15-18,25,27,30,39H,1-2,9-14,19H2,(H,36,41);1-6,9-10,15H,7-8H2,(H,22,23);7-8,12,14,19H,1-6,9,17H2;1H4/t27-,30-;;12-,14-;/m1.1./s1. The van der Waals surface area contributed by atoms with Crippen LogP contribution in [0.25, 0.3) is 44.1 Å². The number of ether oxygens (including phenoxy) is 4. The van der Waals surface area contributed by atoms with Gasteiger partial charge in [0.2, 0.25) is 5.78 Å². The number of hydrogen-bond acceptors (Lipinski definition) is 15. The molecule has 88 heavy (non-hydrogen) atoms. The van der Waals surface area contributed by atoms with E-state index in [0.717, 1.165) is 95.9 Å². The van der Waals surface area contributed by atoms with Gasteiger partial charge in [-0.2, -0.15) is 10.2 Å². The lowest BCUT2D eigenvalue weighted by Gasteiger charge is -2.29. The van der Waals surface area contributed by atoms with Gasteiger partial charge >= 0.3 is 5.97 Å². The first-order valence-electron chi connectivity index (χ1n) is 29.8. The van der Waals surface area contributed by atoms with Crippen LogP contribution in [-0.4, -0.2) is 146 Å². The highest BCUT2D eigenvalue weighted by molar-refractivity contribution is 6.43. The molecule has 460 valence electrons. The van der Waals surface area contributed by atoms with Crippen LogP contribution in [0.2, 0.25) is 0 Å². The molecule has 0 radical (unpaired) electrons. The predicted octanol–water partition coefficient (Wildman–Crippen LogP) is 9.44. The number of hydrogen-bond donors (Lipinski definition) is 5. The molecule has 6 aromatic carbocycles. The van der Waals surface area contributed by atoms with Crippen molar-refractivity contribution in [1.29, 1.82) is 0 Å². The lowest BCUT2D eigenvalue weighted by Crippen LogP contribution is -2.48. The van der Waals surface area contributed by atoms with Gasteiger partial charge in [-0.05, 0) is 147 Å². The van der Waals surface area contributed by atoms with E-state index in [1.807, 2.05) is 48.8 Å². The maximum Gasteiger partial charge on any atom is 0.377 e. The van der Waals surface area contributed by atoms with Crippen LogP contribution in [0, 0.1) is 11.6 Å². The second-order valence-corrected chi connectivity index (χ2v) is 23.0. The first kappa shape index (κ1) is 61.1. The molecule has 4 fully saturated rings. The van der Waals surface area contributed by atoms with E-state index in [0.29, 0.717) is 49.7 Å². The van der Waals surface area contributed by atoms with Gasteiger partial charge < -0.3 is 55.1 Å². The van der Waals surface area contributed by atoms with Gasteiger partial charge in [-0.3, -0.25) is 23.7 Å². The molecule has 8 aromatic rings. The van der Waals surface area contributed by atoms with E-state index in [9.17, 15) is 38.2 Å². The van der Waals surface area contributed by atoms with E-state index in [2.05, 4.69) is 46.8 Å². The summed E-state index contributed by atoms with van der Waals surface area (Å²) in [4.78, 5) is 53.0. The second kappa shape index (κ2) is 26.8. The normalized spacial score (nSPS) is 17.6. The van der Waals surface area contributed by atoms with E-state index in [4.69, 9.17) is 29.8 Å². The number of rotatable bonds is 17. The molecule has 2 saturated heterocycles. The van der Waals surface area contributed by atoms with Crippen molar-refractivity contribution in [2.75, 3.05) is 65.7 Å². The molecule has 19 nitrogen and oxygen atoms in total. The number of amides is 1. The molecule has 2 aliphatic carbocycles. The number of carboxylic acid groups (broad SMARTS) is 1. The first-order chi connectivity index (χ1) is 42.2. The van der Waals surface area contributed by atoms with E-state index < -0.39 is 59.4 Å². The number of ketones is 2. The quantitative estimate of drug-likeness (QED) is 0.0421. The molecule has 0 unspecified atom stereocenters. The highest BCUT2D eigenvalue weighted by Crippen LogP contribution is 2.41. The van der Waals surface area contributed by atoms with Crippen LogP contribution in [0.15, 0.2) is 122 Å². The third-order valence-corrected chi connectivity index (χ3v) is 16.7. The molecule has 0 spiro atoms. The number of aliphatic carboxylic acids is 1. The lowest BCUT2D eigenvalue weighted by atomic mass is 9.99. The maximum absolute atomic E-state index is 14.8. The maximum atomic E-state index is 14.8. The molecule has 21 heteroatoms. The summed E-state index contributed by atoms with van der Waals surface area (Å²) in [6, 6.07) is 31.2. The average molecular weight is 1200 g/mol. The van der Waals surface area contributed by atoms with Crippen molar-refractivity contribution in [2.45, 2.75) is 95.2 Å². The Balaban J connectivity index is 0.000000150. The van der Waals surface area contributed by atoms with Gasteiger partial charge in [-0.15, -0.1) is 0 Å². The van der Waals surface area contributed by atoms with Crippen molar-refractivity contribution >= 4 is 45.2 Å². The molecule has 14 rings (SSSR count). The Morgan fingerprint density at radius 2 is 0.977 bits per heavy atom. The van der Waals surface area contributed by atoms with Crippen LogP contribution >= 0.6 is 0 Å². The lowest BCUT2D eigenvalue weighted by molar-refractivity contribution is -0.131. The second-order valence-electron chi connectivity index (χ2n) is 23.0. The number of benzene rings is 6. The van der Waals surface area contributed by atoms with Crippen LogP contribution in [0.1, 0.15) is 115 Å². The molecule has 4 aliphatic heterocycles. The van der Waals surface area contributed by atoms with Gasteiger partial charge in [0, 0.05) is 41.0 Å². The number of fused-ring (bicyclic) bond motifs is 4. The SMILES string of the molecule is C.N[C@H](CN1CCCC1)[C@H](O)c1cc(F)c2c(c1)OCCO2.O=C(N[C@H](CN1CCCC1)[C@H](O)c1cc(F)c2c(c1)OCCO2)C(=O)c1ccc(-c2ccc3cnn(C4CC4)c3c2)cc1.O=C(O)C(=O)c1ccc(-c2ccc3cnn(C4CC4)c3c2)cc1. The third-order valence-electron chi connectivity index (χ3n) is 16.7. The number of nitrogens with one attached hydrogen (secondary N) is 1. The summed E-state index contributed by atoms with van der Waals surface area (Å²) < 4.78 is 54.4. The fourth-order valence-corrected chi connectivity index (χ4v) is 11.7. The summed E-state index contributed by atoms with van der Waals surface area (Å²) in [7, 11) is 0. The van der Waals surface area contributed by atoms with Crippen molar-refractivity contribution in [3.63, 3.8) is 0 Å². The van der Waals surface area contributed by atoms with Gasteiger partial charge in [-0.25, -0.2) is 13.6 Å². The van der Waals surface area contributed by atoms with Gasteiger partial charge in [0.1, 0.15) is 32.5 Å². The number of aliphatic hydroxyl groups excluding tert-OH is 2. The number of carbonyl (C=O) groups is 4. The largest absolute Gasteiger partial charge is 0.486 e. The minimum atomic E-state index is -1.44. The van der Waals surface area contributed by atoms with Crippen molar-refractivity contribution in [2.24, 2.45) is 5.73 Å². The monoisotopic (exact) mass is 1200 g/mol. The van der Waals surface area contributed by atoms with Crippen LogP contribution in [-0.2, 0) is 9.59 Å². The number of carbonyl (C=O) groups excluding carboxylic acids is 3. The Labute approximate surface area is 507 Å². The van der Waals surface area contributed by atoms with Crippen LogP contribution in [0.5, 0.6) is 23.0 Å². The fraction of sp³-hybridized carbons (Fsp3) is 0.373. The van der Waals surface area contributed by atoms with E-state index in [1.165, 1.54) is 43.9 Å². The average Bonchev–Trinajstić information content (AvgIpc) is 3.28. The summed E-state index contributed by atoms with van der Waals surface area (Å²) in [5.41, 5.74) is 13.2. The summed E-state index contributed by atoms with van der Waals surface area (Å²) in [5.74, 6) is -4.36. The predicted molar refractivity (Wildman–Crippen MR) is 326 cm³/mol. The number of halogens is 2. The van der Waals surface area contributed by atoms with Crippen LogP contribution < -0.4 is 30.0 Å². The Morgan fingerprint density at radius 1 is 0.557 bits per heavy atom. The molecule has 6 heterocycles. The van der Waals surface area contributed by atoms with Gasteiger partial charge in [0.15, 0.2) is 34.6 Å². The number of likely N-dealkylation sites (tertiary alicyclic amines) is 2. The van der Waals surface area contributed by atoms with Crippen molar-refractivity contribution < 1.29 is 62.2 Å². The Kier molecular flexibility index (Phi) is 18.6. The third kappa shape index (κ3) is 13.7. The minimum Gasteiger partial charge on any atom is -0.486 e. The number of Topliss-reactive ketones (excluding diaryl/α,β-unsaturated/α-hetero) is 2. The molecule has 6 aliphatic rings. The Bertz CT molecular complexity index is 3840. The van der Waals surface area contributed by atoms with Gasteiger partial charge in [0.05, 0.1) is 47.7 Å². The minimum absolute atomic E-state index is 0. The van der Waals surface area contributed by atoms with Gasteiger partial charge in [0.25, 0.3) is 11.7 Å². The zero-order valence-corrected chi connectivity index (χ0v) is 47.9. The van der Waals surface area contributed by atoms with E-state index in [1.54, 1.807) is 42.5 Å². The number of nitrogens with zero attached hydrogens (tertiary/aromatic N) is 6. The Morgan fingerprint density at radius 3 is 1.43 bits per heavy atom. The van der Waals surface area contributed by atoms with Crippen molar-refractivity contribution in [3.05, 3.63) is 155 Å². The van der Waals surface area contributed by atoms with Crippen LogP contribution in [0.4, 0.5) is 8.78 Å². The fourth-order valence-electron chi connectivity index (χ4n) is 11.7. The van der Waals surface area contributed by atoms with E-state index in [-0.39, 0.29) is 54.6 Å². The summed E-state index contributed by atoms with van der Waals surface area (Å²) in [5, 5.41) is 44.4. The topological polar surface area (TPSA) is 246 Å². The Hall–Kier alpha value is -8.60. The molecule has 6 N–H and O–H groups in total. The number of nitrogens with two attached hydrogens (primary N) is 1. The first-order valence-corrected chi connectivity index (χ1v) is 29.8. The van der Waals surface area contributed by atoms with E-state index >= 15 is 0 Å². The molecule has 4 atom stereocenters. The summed E-state index contributed by atoms with van der Waals surface area (Å²) >= 11 is 0. The molecule has 2 aromatic heterocycles. The molecular formula is C67H72F2N8O11. The smallest absolute Gasteiger partial charge is 0.377 e. The highest BCUT2D eigenvalue weighted by Gasteiger charge is 2.33. The zero-order chi connectivity index (χ0) is 60.3. The van der Waals surface area contributed by atoms with Crippen molar-refractivity contribution in [1.82, 2.24) is 34.7 Å². The van der Waals surface area contributed by atoms with Crippen molar-refractivity contribution in [3.8, 4) is 45.3 Å². The van der Waals surface area contributed by atoms with Crippen LogP contribution in [0.3, 0.4) is 0 Å². The molecule has 0 bridgehead atoms. The summed E-state index contributed by atoms with van der Waals surface area (Å²) in [6.07, 6.45) is 10.6. The number of aliphatic hydroxyl groups is 2. The highest BCUT2D eigenvalue weighted by atomic mass is 19.1. The molecular weight excluding hydrogens is 1130 g/mol. The number of carboxylic acids is 1. The number of aromatic nitrogens is 4. The summed E-state index contributed by atoms with van der Waals surface area (Å²) in [6.45, 7) is 5.80. The molecule has 2 saturated carbocycles. The molecule has 1 amide bonds. The van der Waals surface area contributed by atoms with Gasteiger partial charge in [-0.1, -0.05) is 80.2 Å². The zero-order valence-electron chi connectivity index (χ0n) is 47.9.